The summed E-state index contributed by atoms with van der Waals surface area (Å²) in [5.41, 5.74) is 1.86. The van der Waals surface area contributed by atoms with E-state index in [-0.39, 0.29) is 16.1 Å². The van der Waals surface area contributed by atoms with Gasteiger partial charge in [-0.1, -0.05) is 19.1 Å². The molecule has 9 nitrogen and oxygen atoms in total. The monoisotopic (exact) mass is 531 g/mol. The van der Waals surface area contributed by atoms with Gasteiger partial charge in [-0.15, -0.1) is 0 Å². The molecular weight excluding hydrogens is 503 g/mol. The van der Waals surface area contributed by atoms with Gasteiger partial charge in [-0.2, -0.15) is 13.2 Å². The second kappa shape index (κ2) is 12.1. The van der Waals surface area contributed by atoms with E-state index in [0.717, 1.165) is 44.7 Å². The van der Waals surface area contributed by atoms with Gasteiger partial charge in [0.15, 0.2) is 0 Å². The van der Waals surface area contributed by atoms with Crippen LogP contribution in [0.2, 0.25) is 0 Å². The average Bonchev–Trinajstić information content (AvgIpc) is 2.79. The maximum Gasteiger partial charge on any atom is 0.490 e. The first-order valence-corrected chi connectivity index (χ1v) is 12.5. The van der Waals surface area contributed by atoms with Gasteiger partial charge in [0.05, 0.1) is 21.8 Å². The van der Waals surface area contributed by atoms with Crippen molar-refractivity contribution < 1.29 is 41.4 Å². The summed E-state index contributed by atoms with van der Waals surface area (Å²) < 4.78 is 60.2. The minimum Gasteiger partial charge on any atom is -0.478 e. The number of alkyl halides is 3. The molecule has 1 aliphatic heterocycles. The fraction of sp³-hybridized carbons (Fsp3) is 0.391. The highest BCUT2D eigenvalue weighted by atomic mass is 32.2. The van der Waals surface area contributed by atoms with Crippen LogP contribution < -0.4 is 9.62 Å². The second-order valence-corrected chi connectivity index (χ2v) is 9.77. The van der Waals surface area contributed by atoms with Crippen molar-refractivity contribution in [2.75, 3.05) is 42.3 Å². The number of rotatable bonds is 7. The van der Waals surface area contributed by atoms with Crippen LogP contribution in [0.25, 0.3) is 0 Å². The Balaban J connectivity index is 0.000000572. The lowest BCUT2D eigenvalue weighted by Gasteiger charge is -2.37. The van der Waals surface area contributed by atoms with Crippen molar-refractivity contribution >= 4 is 33.3 Å². The Morgan fingerprint density at radius 3 is 2.14 bits per heavy atom. The maximum absolute atomic E-state index is 12.9. The average molecular weight is 532 g/mol. The number of carboxylic acids is 2. The van der Waals surface area contributed by atoms with Crippen LogP contribution in [0.15, 0.2) is 47.4 Å². The Bertz CT molecular complexity index is 1180. The number of carbonyl (C=O) groups is 2. The van der Waals surface area contributed by atoms with Gasteiger partial charge in [-0.3, -0.25) is 9.62 Å². The molecule has 198 valence electrons. The van der Waals surface area contributed by atoms with E-state index in [0.29, 0.717) is 5.69 Å². The molecule has 3 N–H and O–H groups in total. The Morgan fingerprint density at radius 2 is 1.64 bits per heavy atom. The highest BCUT2D eigenvalue weighted by Crippen LogP contribution is 2.30. The lowest BCUT2D eigenvalue weighted by molar-refractivity contribution is -0.192. The molecule has 36 heavy (non-hydrogen) atoms. The molecule has 0 atom stereocenters. The number of nitrogens with zero attached hydrogens (tertiary/aromatic N) is 2. The third-order valence-electron chi connectivity index (χ3n) is 5.28. The Labute approximate surface area is 207 Å². The highest BCUT2D eigenvalue weighted by molar-refractivity contribution is 7.92. The van der Waals surface area contributed by atoms with Gasteiger partial charge < -0.3 is 15.1 Å². The van der Waals surface area contributed by atoms with E-state index in [2.05, 4.69) is 21.4 Å². The topological polar surface area (TPSA) is 127 Å². The number of carboxylic acid groups (broad SMARTS) is 2. The summed E-state index contributed by atoms with van der Waals surface area (Å²) in [4.78, 5) is 25.0. The molecule has 0 unspecified atom stereocenters. The van der Waals surface area contributed by atoms with Crippen LogP contribution in [-0.4, -0.2) is 74.4 Å². The van der Waals surface area contributed by atoms with Crippen LogP contribution in [-0.2, 0) is 14.8 Å². The highest BCUT2D eigenvalue weighted by Gasteiger charge is 2.38. The minimum atomic E-state index is -5.08. The molecule has 0 bridgehead atoms. The van der Waals surface area contributed by atoms with Crippen LogP contribution in [0.5, 0.6) is 0 Å². The molecule has 1 heterocycles. The number of anilines is 2. The molecule has 1 aliphatic rings. The summed E-state index contributed by atoms with van der Waals surface area (Å²) in [6.07, 6.45) is -3.99. The summed E-state index contributed by atoms with van der Waals surface area (Å²) in [6, 6.07) is 11.2. The van der Waals surface area contributed by atoms with Gasteiger partial charge in [-0.05, 0) is 55.8 Å². The van der Waals surface area contributed by atoms with Crippen LogP contribution in [0, 0.1) is 6.92 Å². The van der Waals surface area contributed by atoms with E-state index < -0.39 is 28.1 Å². The largest absolute Gasteiger partial charge is 0.490 e. The van der Waals surface area contributed by atoms with Crippen molar-refractivity contribution in [3.05, 3.63) is 53.6 Å². The van der Waals surface area contributed by atoms with Gasteiger partial charge in [0, 0.05) is 26.2 Å². The molecule has 0 aliphatic carbocycles. The predicted molar refractivity (Wildman–Crippen MR) is 128 cm³/mol. The molecule has 1 fully saturated rings. The van der Waals surface area contributed by atoms with E-state index >= 15 is 0 Å². The number of nitrogens with one attached hydrogen (secondary N) is 1. The number of aryl methyl sites for hydroxylation is 1. The first-order chi connectivity index (χ1) is 16.7. The number of hydrogen-bond donors (Lipinski definition) is 3. The van der Waals surface area contributed by atoms with Crippen molar-refractivity contribution in [2.24, 2.45) is 0 Å². The SMILES string of the molecule is CCCN1CCN(c2ccc(C(=O)O)cc2NS(=O)(=O)c2cccc(C)c2)CC1.O=C(O)C(F)(F)F. The van der Waals surface area contributed by atoms with E-state index in [4.69, 9.17) is 9.90 Å². The lowest BCUT2D eigenvalue weighted by Crippen LogP contribution is -2.46. The number of aromatic carboxylic acids is 1. The molecular formula is C23H28F3N3O6S. The molecule has 0 radical (unpaired) electrons. The third-order valence-corrected chi connectivity index (χ3v) is 6.65. The lowest BCUT2D eigenvalue weighted by atomic mass is 10.1. The van der Waals surface area contributed by atoms with Crippen molar-refractivity contribution in [1.82, 2.24) is 4.90 Å². The van der Waals surface area contributed by atoms with Crippen LogP contribution in [0.4, 0.5) is 24.5 Å². The molecule has 13 heteroatoms. The summed E-state index contributed by atoms with van der Waals surface area (Å²) in [5.74, 6) is -3.85. The number of hydrogen-bond acceptors (Lipinski definition) is 6. The zero-order valence-corrected chi connectivity index (χ0v) is 20.6. The number of sulfonamides is 1. The van der Waals surface area contributed by atoms with Crippen LogP contribution >= 0.6 is 0 Å². The smallest absolute Gasteiger partial charge is 0.478 e. The first-order valence-electron chi connectivity index (χ1n) is 11.0. The number of piperazine rings is 1. The van der Waals surface area contributed by atoms with Crippen molar-refractivity contribution in [2.45, 2.75) is 31.3 Å². The van der Waals surface area contributed by atoms with E-state index in [1.165, 1.54) is 18.2 Å². The molecule has 2 aromatic rings. The maximum atomic E-state index is 12.9. The molecule has 0 spiro atoms. The molecule has 0 aromatic heterocycles. The normalized spacial score (nSPS) is 14.5. The quantitative estimate of drug-likeness (QED) is 0.494. The standard InChI is InChI=1S/C21H27N3O4S.C2HF3O2/c1-3-9-23-10-12-24(13-11-23)20-8-7-17(21(25)26)15-19(20)22-29(27,28)18-6-4-5-16(2)14-18;3-2(4,5)1(6)7/h4-8,14-15,22H,3,9-13H2,1-2H3,(H,25,26);(H,6,7). The number of halogens is 3. The van der Waals surface area contributed by atoms with Gasteiger partial charge in [-0.25, -0.2) is 18.0 Å². The third kappa shape index (κ3) is 8.12. The molecule has 1 saturated heterocycles. The summed E-state index contributed by atoms with van der Waals surface area (Å²) in [6.45, 7) is 8.30. The molecule has 3 rings (SSSR count). The predicted octanol–water partition coefficient (Wildman–Crippen LogP) is 3.66. The Morgan fingerprint density at radius 1 is 1.03 bits per heavy atom. The van der Waals surface area contributed by atoms with Gasteiger partial charge in [0.25, 0.3) is 10.0 Å². The molecule has 0 saturated carbocycles. The Kier molecular flexibility index (Phi) is 9.70. The number of aliphatic carboxylic acids is 1. The zero-order valence-electron chi connectivity index (χ0n) is 19.7. The molecule has 0 amide bonds. The van der Waals surface area contributed by atoms with Crippen LogP contribution in [0.1, 0.15) is 29.3 Å². The van der Waals surface area contributed by atoms with E-state index in [1.54, 1.807) is 18.2 Å². The van der Waals surface area contributed by atoms with Gasteiger partial charge in [0.2, 0.25) is 0 Å². The molecule has 2 aromatic carbocycles. The van der Waals surface area contributed by atoms with Crippen molar-refractivity contribution in [3.63, 3.8) is 0 Å². The minimum absolute atomic E-state index is 0.0420. The zero-order chi connectivity index (χ0) is 27.1. The van der Waals surface area contributed by atoms with Crippen molar-refractivity contribution in [3.8, 4) is 0 Å². The van der Waals surface area contributed by atoms with Crippen molar-refractivity contribution in [1.29, 1.82) is 0 Å². The van der Waals surface area contributed by atoms with Crippen LogP contribution in [0.3, 0.4) is 0 Å². The summed E-state index contributed by atoms with van der Waals surface area (Å²) in [5, 5.41) is 16.5. The fourth-order valence-corrected chi connectivity index (χ4v) is 4.71. The van der Waals surface area contributed by atoms with E-state index in [9.17, 15) is 31.5 Å². The number of benzene rings is 2. The fourth-order valence-electron chi connectivity index (χ4n) is 3.54. The summed E-state index contributed by atoms with van der Waals surface area (Å²) in [7, 11) is -3.84. The Hall–Kier alpha value is -3.32. The van der Waals surface area contributed by atoms with Gasteiger partial charge in [0.1, 0.15) is 0 Å². The summed E-state index contributed by atoms with van der Waals surface area (Å²) >= 11 is 0. The van der Waals surface area contributed by atoms with E-state index in [1.807, 2.05) is 13.0 Å². The van der Waals surface area contributed by atoms with Gasteiger partial charge >= 0.3 is 18.1 Å². The second-order valence-electron chi connectivity index (χ2n) is 8.09. The first kappa shape index (κ1) is 28.9.